The number of anilines is 1. The third-order valence-electron chi connectivity index (χ3n) is 3.98. The highest BCUT2D eigenvalue weighted by atomic mass is 35.5. The normalized spacial score (nSPS) is 16.4. The lowest BCUT2D eigenvalue weighted by Gasteiger charge is -2.26. The molecule has 1 amide bonds. The largest absolute Gasteiger partial charge is 0.325 e. The van der Waals surface area contributed by atoms with Gasteiger partial charge < -0.3 is 16.0 Å². The quantitative estimate of drug-likeness (QED) is 0.787. The second-order valence-electron chi connectivity index (χ2n) is 5.79. The van der Waals surface area contributed by atoms with Crippen LogP contribution in [0.2, 0.25) is 0 Å². The van der Waals surface area contributed by atoms with Gasteiger partial charge in [0.2, 0.25) is 5.91 Å². The molecule has 1 atom stereocenters. The Hall–Kier alpha value is -0.750. The summed E-state index contributed by atoms with van der Waals surface area (Å²) < 4.78 is 0. The molecular formula is C17H28ClN3OS. The minimum atomic E-state index is -0.415. The van der Waals surface area contributed by atoms with Crippen molar-refractivity contribution in [3.05, 3.63) is 29.8 Å². The number of rotatable bonds is 7. The first-order chi connectivity index (χ1) is 10.7. The van der Waals surface area contributed by atoms with Crippen molar-refractivity contribution in [3.8, 4) is 0 Å². The predicted molar refractivity (Wildman–Crippen MR) is 103 cm³/mol. The highest BCUT2D eigenvalue weighted by Gasteiger charge is 2.12. The van der Waals surface area contributed by atoms with Crippen LogP contribution in [0.25, 0.3) is 0 Å². The van der Waals surface area contributed by atoms with Crippen molar-refractivity contribution >= 4 is 35.8 Å². The van der Waals surface area contributed by atoms with E-state index in [1.165, 1.54) is 30.2 Å². The second kappa shape index (κ2) is 10.9. The highest BCUT2D eigenvalue weighted by molar-refractivity contribution is 7.99. The van der Waals surface area contributed by atoms with Crippen molar-refractivity contribution in [2.75, 3.05) is 36.5 Å². The van der Waals surface area contributed by atoms with Gasteiger partial charge in [0.05, 0.1) is 6.04 Å². The SMILES string of the molecule is CCCC(N)C(=O)Nc1ccc(CCN2CCSCC2)cc1.Cl. The van der Waals surface area contributed by atoms with Gasteiger partial charge in [-0.05, 0) is 30.5 Å². The van der Waals surface area contributed by atoms with Crippen LogP contribution in [0.3, 0.4) is 0 Å². The number of hydrogen-bond acceptors (Lipinski definition) is 4. The van der Waals surface area contributed by atoms with Gasteiger partial charge in [-0.1, -0.05) is 25.5 Å². The fourth-order valence-electron chi connectivity index (χ4n) is 2.54. The molecular weight excluding hydrogens is 330 g/mol. The summed E-state index contributed by atoms with van der Waals surface area (Å²) in [5, 5.41) is 2.88. The van der Waals surface area contributed by atoms with Crippen LogP contribution in [-0.2, 0) is 11.2 Å². The molecule has 1 aromatic rings. The minimum absolute atomic E-state index is 0. The molecule has 2 rings (SSSR count). The Kier molecular flexibility index (Phi) is 9.63. The lowest BCUT2D eigenvalue weighted by Crippen LogP contribution is -2.35. The Morgan fingerprint density at radius 1 is 1.30 bits per heavy atom. The summed E-state index contributed by atoms with van der Waals surface area (Å²) >= 11 is 2.04. The van der Waals surface area contributed by atoms with Crippen molar-refractivity contribution < 1.29 is 4.79 Å². The molecule has 1 heterocycles. The summed E-state index contributed by atoms with van der Waals surface area (Å²) in [5.74, 6) is 2.41. The molecule has 130 valence electrons. The summed E-state index contributed by atoms with van der Waals surface area (Å²) in [6.45, 7) is 5.55. The van der Waals surface area contributed by atoms with Gasteiger partial charge in [-0.3, -0.25) is 4.79 Å². The smallest absolute Gasteiger partial charge is 0.241 e. The Labute approximate surface area is 150 Å². The lowest BCUT2D eigenvalue weighted by atomic mass is 10.1. The standard InChI is InChI=1S/C17H27N3OS.ClH/c1-2-3-16(18)17(21)19-15-6-4-14(5-7-15)8-9-20-10-12-22-13-11-20;/h4-7,16H,2-3,8-13,18H2,1H3,(H,19,21);1H. The van der Waals surface area contributed by atoms with E-state index in [1.807, 2.05) is 30.8 Å². The molecule has 0 spiro atoms. The van der Waals surface area contributed by atoms with Crippen LogP contribution in [0.15, 0.2) is 24.3 Å². The zero-order chi connectivity index (χ0) is 15.8. The van der Waals surface area contributed by atoms with Crippen LogP contribution < -0.4 is 11.1 Å². The number of hydrogen-bond donors (Lipinski definition) is 2. The van der Waals surface area contributed by atoms with E-state index in [4.69, 9.17) is 5.73 Å². The summed E-state index contributed by atoms with van der Waals surface area (Å²) in [6, 6.07) is 7.72. The number of nitrogens with zero attached hydrogens (tertiary/aromatic N) is 1. The molecule has 0 radical (unpaired) electrons. The van der Waals surface area contributed by atoms with Gasteiger partial charge in [0, 0.05) is 36.8 Å². The molecule has 0 saturated carbocycles. The Balaban J connectivity index is 0.00000264. The Morgan fingerprint density at radius 2 is 1.96 bits per heavy atom. The molecule has 1 unspecified atom stereocenters. The van der Waals surface area contributed by atoms with Crippen LogP contribution in [0.5, 0.6) is 0 Å². The average Bonchev–Trinajstić information content (AvgIpc) is 2.55. The molecule has 1 saturated heterocycles. The van der Waals surface area contributed by atoms with E-state index in [0.717, 1.165) is 31.5 Å². The fraction of sp³-hybridized carbons (Fsp3) is 0.588. The van der Waals surface area contributed by atoms with Crippen LogP contribution in [0.4, 0.5) is 5.69 Å². The van der Waals surface area contributed by atoms with Crippen molar-refractivity contribution in [1.29, 1.82) is 0 Å². The first-order valence-electron chi connectivity index (χ1n) is 8.14. The minimum Gasteiger partial charge on any atom is -0.325 e. The van der Waals surface area contributed by atoms with E-state index in [0.29, 0.717) is 0 Å². The maximum Gasteiger partial charge on any atom is 0.241 e. The van der Waals surface area contributed by atoms with Crippen LogP contribution in [0.1, 0.15) is 25.3 Å². The Morgan fingerprint density at radius 3 is 2.57 bits per heavy atom. The third kappa shape index (κ3) is 7.12. The zero-order valence-corrected chi connectivity index (χ0v) is 15.4. The summed E-state index contributed by atoms with van der Waals surface area (Å²) in [7, 11) is 0. The zero-order valence-electron chi connectivity index (χ0n) is 13.8. The molecule has 1 fully saturated rings. The van der Waals surface area contributed by atoms with E-state index < -0.39 is 6.04 Å². The second-order valence-corrected chi connectivity index (χ2v) is 7.01. The summed E-state index contributed by atoms with van der Waals surface area (Å²) in [4.78, 5) is 14.4. The first-order valence-corrected chi connectivity index (χ1v) is 9.30. The molecule has 23 heavy (non-hydrogen) atoms. The molecule has 0 aromatic heterocycles. The van der Waals surface area contributed by atoms with E-state index in [-0.39, 0.29) is 18.3 Å². The van der Waals surface area contributed by atoms with Gasteiger partial charge in [-0.2, -0.15) is 11.8 Å². The number of amides is 1. The molecule has 3 N–H and O–H groups in total. The molecule has 0 aliphatic carbocycles. The average molecular weight is 358 g/mol. The van der Waals surface area contributed by atoms with Gasteiger partial charge >= 0.3 is 0 Å². The van der Waals surface area contributed by atoms with E-state index in [2.05, 4.69) is 22.3 Å². The summed E-state index contributed by atoms with van der Waals surface area (Å²) in [5.41, 5.74) is 7.96. The monoisotopic (exact) mass is 357 g/mol. The Bertz CT molecular complexity index is 463. The van der Waals surface area contributed by atoms with E-state index in [1.54, 1.807) is 0 Å². The number of thioether (sulfide) groups is 1. The maximum absolute atomic E-state index is 11.9. The van der Waals surface area contributed by atoms with Crippen molar-refractivity contribution in [1.82, 2.24) is 4.90 Å². The molecule has 1 aliphatic heterocycles. The van der Waals surface area contributed by atoms with Gasteiger partial charge in [0.25, 0.3) is 0 Å². The van der Waals surface area contributed by atoms with Crippen LogP contribution in [-0.4, -0.2) is 48.0 Å². The van der Waals surface area contributed by atoms with Gasteiger partial charge in [0.1, 0.15) is 0 Å². The maximum atomic E-state index is 11.9. The third-order valence-corrected chi connectivity index (χ3v) is 4.92. The molecule has 4 nitrogen and oxygen atoms in total. The molecule has 1 aliphatic rings. The van der Waals surface area contributed by atoms with E-state index in [9.17, 15) is 4.79 Å². The first kappa shape index (κ1) is 20.3. The van der Waals surface area contributed by atoms with E-state index >= 15 is 0 Å². The molecule has 0 bridgehead atoms. The van der Waals surface area contributed by atoms with Crippen molar-refractivity contribution in [2.45, 2.75) is 32.2 Å². The predicted octanol–water partition coefficient (Wildman–Crippen LogP) is 2.77. The fourth-order valence-corrected chi connectivity index (χ4v) is 3.52. The number of carbonyl (C=O) groups is 1. The lowest BCUT2D eigenvalue weighted by molar-refractivity contribution is -0.117. The van der Waals surface area contributed by atoms with Gasteiger partial charge in [-0.25, -0.2) is 0 Å². The molecule has 6 heteroatoms. The summed E-state index contributed by atoms with van der Waals surface area (Å²) in [6.07, 6.45) is 2.70. The van der Waals surface area contributed by atoms with Crippen LogP contribution in [0, 0.1) is 0 Å². The number of carbonyl (C=O) groups excluding carboxylic acids is 1. The number of benzene rings is 1. The van der Waals surface area contributed by atoms with Gasteiger partial charge in [-0.15, -0.1) is 12.4 Å². The number of nitrogens with one attached hydrogen (secondary N) is 1. The highest BCUT2D eigenvalue weighted by Crippen LogP contribution is 2.13. The topological polar surface area (TPSA) is 58.4 Å². The van der Waals surface area contributed by atoms with Gasteiger partial charge in [0.15, 0.2) is 0 Å². The number of nitrogens with two attached hydrogens (primary N) is 1. The number of halogens is 1. The van der Waals surface area contributed by atoms with Crippen molar-refractivity contribution in [3.63, 3.8) is 0 Å². The molecule has 1 aromatic carbocycles. The van der Waals surface area contributed by atoms with Crippen LogP contribution >= 0.6 is 24.2 Å². The van der Waals surface area contributed by atoms with Crippen molar-refractivity contribution in [2.24, 2.45) is 5.73 Å².